The van der Waals surface area contributed by atoms with E-state index in [4.69, 9.17) is 4.98 Å². The largest absolute Gasteiger partial charge is 0.351 e. The van der Waals surface area contributed by atoms with Crippen molar-refractivity contribution in [2.75, 3.05) is 30.4 Å². The minimum Gasteiger partial charge on any atom is -0.351 e. The molecule has 1 aromatic rings. The van der Waals surface area contributed by atoms with Crippen molar-refractivity contribution in [2.24, 2.45) is 0 Å². The van der Waals surface area contributed by atoms with Crippen molar-refractivity contribution >= 4 is 11.9 Å². The average Bonchev–Trinajstić information content (AvgIpc) is 2.78. The van der Waals surface area contributed by atoms with Crippen molar-refractivity contribution in [3.8, 4) is 0 Å². The minimum absolute atomic E-state index is 0.137. The predicted molar refractivity (Wildman–Crippen MR) is 147 cm³/mol. The van der Waals surface area contributed by atoms with Crippen LogP contribution in [0.25, 0.3) is 0 Å². The molecular weight excluding hydrogens is 420 g/mol. The van der Waals surface area contributed by atoms with Gasteiger partial charge in [-0.15, -0.1) is 0 Å². The third kappa shape index (κ3) is 9.31. The zero-order chi connectivity index (χ0) is 25.0. The molecule has 0 amide bonds. The number of unbranched alkanes of at least 4 members (excludes halogenated alkanes) is 9. The van der Waals surface area contributed by atoms with E-state index in [1.165, 1.54) is 70.6 Å². The minimum atomic E-state index is 0.137. The summed E-state index contributed by atoms with van der Waals surface area (Å²) in [4.78, 5) is 18.8. The van der Waals surface area contributed by atoms with Crippen molar-refractivity contribution in [1.82, 2.24) is 19.9 Å². The lowest BCUT2D eigenvalue weighted by molar-refractivity contribution is -0.00778. The first-order chi connectivity index (χ1) is 16.2. The summed E-state index contributed by atoms with van der Waals surface area (Å²) in [6.45, 7) is 15.9. The highest BCUT2D eigenvalue weighted by molar-refractivity contribution is 5.36. The summed E-state index contributed by atoms with van der Waals surface area (Å²) in [5.41, 5.74) is 0.275. The summed E-state index contributed by atoms with van der Waals surface area (Å²) < 4.78 is 0. The van der Waals surface area contributed by atoms with Gasteiger partial charge in [-0.3, -0.25) is 4.90 Å². The van der Waals surface area contributed by atoms with Crippen LogP contribution in [-0.2, 0) is 0 Å². The van der Waals surface area contributed by atoms with Crippen LogP contribution in [0.1, 0.15) is 125 Å². The Kier molecular flexibility index (Phi) is 12.0. The highest BCUT2D eigenvalue weighted by Gasteiger charge is 2.43. The highest BCUT2D eigenvalue weighted by atomic mass is 15.3. The number of rotatable bonds is 16. The number of nitrogens with zero attached hydrogens (tertiary/aromatic N) is 5. The summed E-state index contributed by atoms with van der Waals surface area (Å²) in [6.07, 6.45) is 18.4. The molecule has 0 aliphatic carbocycles. The normalized spacial score (nSPS) is 18.2. The fourth-order valence-corrected chi connectivity index (χ4v) is 5.44. The fraction of sp³-hybridized carbons (Fsp3) is 0.893. The van der Waals surface area contributed by atoms with E-state index in [0.717, 1.165) is 37.8 Å². The van der Waals surface area contributed by atoms with Gasteiger partial charge in [-0.05, 0) is 60.4 Å². The van der Waals surface area contributed by atoms with Crippen LogP contribution >= 0.6 is 0 Å². The zero-order valence-electron chi connectivity index (χ0n) is 23.5. The molecule has 34 heavy (non-hydrogen) atoms. The van der Waals surface area contributed by atoms with Gasteiger partial charge in [0.15, 0.2) is 0 Å². The molecular formula is C28H54N6. The molecule has 6 heteroatoms. The number of anilines is 2. The predicted octanol–water partition coefficient (Wildman–Crippen LogP) is 7.07. The molecule has 0 aromatic carbocycles. The quantitative estimate of drug-likeness (QED) is 0.258. The van der Waals surface area contributed by atoms with E-state index < -0.39 is 0 Å². The lowest BCUT2D eigenvalue weighted by Gasteiger charge is -2.53. The van der Waals surface area contributed by atoms with Crippen molar-refractivity contribution in [2.45, 2.75) is 142 Å². The number of likely N-dealkylation sites (tertiary alicyclic amines) is 1. The van der Waals surface area contributed by atoms with Crippen molar-refractivity contribution in [3.63, 3.8) is 0 Å². The molecule has 0 unspecified atom stereocenters. The Balaban J connectivity index is 1.90. The first kappa shape index (κ1) is 28.8. The van der Waals surface area contributed by atoms with Crippen LogP contribution in [-0.4, -0.2) is 57.1 Å². The first-order valence-corrected chi connectivity index (χ1v) is 14.1. The lowest BCUT2D eigenvalue weighted by atomic mass is 9.77. The third-order valence-electron chi connectivity index (χ3n) is 7.80. The zero-order valence-corrected chi connectivity index (χ0v) is 23.5. The summed E-state index contributed by atoms with van der Waals surface area (Å²) in [5.74, 6) is 1.55. The Morgan fingerprint density at radius 1 is 0.824 bits per heavy atom. The molecule has 1 aliphatic rings. The second-order valence-corrected chi connectivity index (χ2v) is 11.7. The van der Waals surface area contributed by atoms with Gasteiger partial charge < -0.3 is 10.2 Å². The molecule has 196 valence electrons. The molecule has 0 spiro atoms. The van der Waals surface area contributed by atoms with Gasteiger partial charge in [0, 0.05) is 30.2 Å². The third-order valence-corrected chi connectivity index (χ3v) is 7.80. The van der Waals surface area contributed by atoms with E-state index in [9.17, 15) is 0 Å². The van der Waals surface area contributed by atoms with Gasteiger partial charge in [0.2, 0.25) is 11.9 Å². The molecule has 0 radical (unpaired) electrons. The second kappa shape index (κ2) is 14.2. The van der Waals surface area contributed by atoms with Gasteiger partial charge in [0.25, 0.3) is 0 Å². The average molecular weight is 475 g/mol. The van der Waals surface area contributed by atoms with Crippen LogP contribution in [0.4, 0.5) is 11.9 Å². The molecule has 0 atom stereocenters. The Labute approximate surface area is 210 Å². The Hall–Kier alpha value is -1.43. The molecule has 1 aromatic heterocycles. The van der Waals surface area contributed by atoms with Crippen LogP contribution in [0, 0.1) is 0 Å². The highest BCUT2D eigenvalue weighted by Crippen LogP contribution is 2.37. The summed E-state index contributed by atoms with van der Waals surface area (Å²) in [6, 6.07) is 0.359. The Morgan fingerprint density at radius 3 is 1.94 bits per heavy atom. The van der Waals surface area contributed by atoms with Crippen LogP contribution < -0.4 is 10.2 Å². The maximum atomic E-state index is 4.87. The van der Waals surface area contributed by atoms with Gasteiger partial charge in [-0.25, -0.2) is 9.97 Å². The van der Waals surface area contributed by atoms with E-state index in [2.05, 4.69) is 73.7 Å². The van der Waals surface area contributed by atoms with E-state index in [1.807, 2.05) is 0 Å². The molecule has 2 heterocycles. The number of piperidine rings is 1. The summed E-state index contributed by atoms with van der Waals surface area (Å²) in [5, 5.41) is 3.65. The lowest BCUT2D eigenvalue weighted by Crippen LogP contribution is -2.61. The van der Waals surface area contributed by atoms with Gasteiger partial charge in [0.1, 0.15) is 6.33 Å². The number of aromatic nitrogens is 3. The summed E-state index contributed by atoms with van der Waals surface area (Å²) >= 11 is 0. The van der Waals surface area contributed by atoms with Gasteiger partial charge in [-0.1, -0.05) is 71.6 Å². The molecule has 2 rings (SSSR count). The smallest absolute Gasteiger partial charge is 0.230 e. The summed E-state index contributed by atoms with van der Waals surface area (Å²) in [7, 11) is 2.25. The molecule has 6 nitrogen and oxygen atoms in total. The number of hydrogen-bond donors (Lipinski definition) is 1. The second-order valence-electron chi connectivity index (χ2n) is 11.7. The maximum absolute atomic E-state index is 4.87. The van der Waals surface area contributed by atoms with Crippen molar-refractivity contribution < 1.29 is 0 Å². The van der Waals surface area contributed by atoms with Gasteiger partial charge in [0.05, 0.1) is 0 Å². The standard InChI is InChI=1S/C28H54N6/c1-8-10-12-13-14-15-16-17-18-20-34(19-11-9-2)26-30-23-29-25(32-26)31-24-21-27(3,4)33(7)28(5,6)22-24/h23-24H,8-22H2,1-7H3,(H,29,30,31,32). The molecule has 0 saturated carbocycles. The van der Waals surface area contributed by atoms with Gasteiger partial charge in [-0.2, -0.15) is 4.98 Å². The maximum Gasteiger partial charge on any atom is 0.230 e. The fourth-order valence-electron chi connectivity index (χ4n) is 5.44. The molecule has 1 N–H and O–H groups in total. The van der Waals surface area contributed by atoms with E-state index in [-0.39, 0.29) is 11.1 Å². The number of nitrogens with one attached hydrogen (secondary N) is 1. The van der Waals surface area contributed by atoms with Crippen LogP contribution in [0.3, 0.4) is 0 Å². The van der Waals surface area contributed by atoms with Crippen LogP contribution in [0.2, 0.25) is 0 Å². The van der Waals surface area contributed by atoms with E-state index in [1.54, 1.807) is 6.33 Å². The van der Waals surface area contributed by atoms with E-state index in [0.29, 0.717) is 6.04 Å². The Bertz CT molecular complexity index is 671. The SMILES string of the molecule is CCCCCCCCCCCN(CCCC)c1ncnc(NC2CC(C)(C)N(C)C(C)(C)C2)n1. The van der Waals surface area contributed by atoms with E-state index >= 15 is 0 Å². The van der Waals surface area contributed by atoms with Crippen LogP contribution in [0.15, 0.2) is 6.33 Å². The number of hydrogen-bond acceptors (Lipinski definition) is 6. The molecule has 1 fully saturated rings. The molecule has 0 bridgehead atoms. The molecule has 1 aliphatic heterocycles. The van der Waals surface area contributed by atoms with Gasteiger partial charge >= 0.3 is 0 Å². The van der Waals surface area contributed by atoms with Crippen molar-refractivity contribution in [3.05, 3.63) is 6.33 Å². The topological polar surface area (TPSA) is 57.2 Å². The molecule has 1 saturated heterocycles. The Morgan fingerprint density at radius 2 is 1.35 bits per heavy atom. The first-order valence-electron chi connectivity index (χ1n) is 14.1. The monoisotopic (exact) mass is 474 g/mol. The van der Waals surface area contributed by atoms with Crippen molar-refractivity contribution in [1.29, 1.82) is 0 Å². The van der Waals surface area contributed by atoms with Crippen LogP contribution in [0.5, 0.6) is 0 Å².